The van der Waals surface area contributed by atoms with E-state index in [9.17, 15) is 0 Å². The van der Waals surface area contributed by atoms with Crippen LogP contribution in [0.15, 0.2) is 24.8 Å². The van der Waals surface area contributed by atoms with Crippen LogP contribution in [0.5, 0.6) is 0 Å². The molecule has 0 radical (unpaired) electrons. The molecule has 1 saturated heterocycles. The van der Waals surface area contributed by atoms with E-state index >= 15 is 0 Å². The molecule has 21 heavy (non-hydrogen) atoms. The van der Waals surface area contributed by atoms with Crippen LogP contribution in [0.1, 0.15) is 24.5 Å². The first-order valence-corrected chi connectivity index (χ1v) is 7.20. The normalized spacial score (nSPS) is 19.3. The largest absolute Gasteiger partial charge is 0.355 e. The number of hydrogen-bond acceptors (Lipinski definition) is 5. The molecule has 1 aliphatic heterocycles. The Balaban J connectivity index is 1.68. The molecule has 7 nitrogen and oxygen atoms in total. The first kappa shape index (κ1) is 12.3. The van der Waals surface area contributed by atoms with Crippen LogP contribution in [0.2, 0.25) is 0 Å². The van der Waals surface area contributed by atoms with Crippen LogP contribution in [-0.4, -0.2) is 43.0 Å². The lowest BCUT2D eigenvalue weighted by Crippen LogP contribution is -2.35. The fourth-order valence-corrected chi connectivity index (χ4v) is 3.12. The van der Waals surface area contributed by atoms with E-state index in [0.717, 1.165) is 36.4 Å². The summed E-state index contributed by atoms with van der Waals surface area (Å²) in [6.07, 6.45) is 7.62. The van der Waals surface area contributed by atoms with Gasteiger partial charge in [0.25, 0.3) is 0 Å². The third kappa shape index (κ3) is 2.05. The maximum Gasteiger partial charge on any atom is 0.163 e. The Bertz CT molecular complexity index is 746. The number of hydrogen-bond donors (Lipinski definition) is 1. The van der Waals surface area contributed by atoms with Gasteiger partial charge in [-0.25, -0.2) is 9.97 Å². The highest BCUT2D eigenvalue weighted by Gasteiger charge is 2.24. The Morgan fingerprint density at radius 3 is 3.14 bits per heavy atom. The quantitative estimate of drug-likeness (QED) is 0.771. The van der Waals surface area contributed by atoms with Crippen molar-refractivity contribution >= 4 is 16.9 Å². The van der Waals surface area contributed by atoms with Crippen molar-refractivity contribution in [3.63, 3.8) is 0 Å². The van der Waals surface area contributed by atoms with Crippen LogP contribution >= 0.6 is 0 Å². The molecule has 3 aromatic rings. The maximum absolute atomic E-state index is 4.50. The number of piperidine rings is 1. The van der Waals surface area contributed by atoms with Crippen molar-refractivity contribution in [2.24, 2.45) is 7.05 Å². The molecule has 0 bridgehead atoms. The van der Waals surface area contributed by atoms with Crippen LogP contribution in [0.25, 0.3) is 11.0 Å². The molecule has 0 spiro atoms. The highest BCUT2D eigenvalue weighted by Crippen LogP contribution is 2.30. The number of nitrogens with zero attached hydrogens (tertiary/aromatic N) is 6. The van der Waals surface area contributed by atoms with E-state index in [4.69, 9.17) is 0 Å². The van der Waals surface area contributed by atoms with E-state index in [1.807, 2.05) is 19.4 Å². The molecule has 4 heterocycles. The molecule has 0 amide bonds. The van der Waals surface area contributed by atoms with Gasteiger partial charge in [-0.3, -0.25) is 9.78 Å². The lowest BCUT2D eigenvalue weighted by molar-refractivity contribution is 0.499. The molecule has 0 aromatic carbocycles. The number of anilines is 1. The minimum absolute atomic E-state index is 0.475. The summed E-state index contributed by atoms with van der Waals surface area (Å²) in [5.41, 5.74) is 2.08. The Morgan fingerprint density at radius 1 is 1.33 bits per heavy atom. The van der Waals surface area contributed by atoms with Crippen LogP contribution in [0.4, 0.5) is 5.82 Å². The second kappa shape index (κ2) is 4.83. The average Bonchev–Trinajstić information content (AvgIpc) is 3.18. The predicted octanol–water partition coefficient (Wildman–Crippen LogP) is 1.47. The average molecular weight is 283 g/mol. The summed E-state index contributed by atoms with van der Waals surface area (Å²) in [7, 11) is 1.91. The van der Waals surface area contributed by atoms with Crippen molar-refractivity contribution in [3.05, 3.63) is 30.5 Å². The summed E-state index contributed by atoms with van der Waals surface area (Å²) in [6.45, 7) is 1.97. The minimum Gasteiger partial charge on any atom is -0.355 e. The Kier molecular flexibility index (Phi) is 2.83. The van der Waals surface area contributed by atoms with Crippen LogP contribution in [0, 0.1) is 0 Å². The zero-order chi connectivity index (χ0) is 14.2. The number of fused-ring (bicyclic) bond motifs is 1. The Labute approximate surface area is 122 Å². The van der Waals surface area contributed by atoms with Crippen molar-refractivity contribution in [1.82, 2.24) is 29.9 Å². The van der Waals surface area contributed by atoms with Crippen LogP contribution in [0.3, 0.4) is 0 Å². The first-order valence-electron chi connectivity index (χ1n) is 7.20. The van der Waals surface area contributed by atoms with Gasteiger partial charge in [-0.15, -0.1) is 0 Å². The maximum atomic E-state index is 4.50. The highest BCUT2D eigenvalue weighted by atomic mass is 15.3. The second-order valence-corrected chi connectivity index (χ2v) is 5.50. The van der Waals surface area contributed by atoms with Gasteiger partial charge in [-0.05, 0) is 18.9 Å². The van der Waals surface area contributed by atoms with Gasteiger partial charge in [0.1, 0.15) is 12.1 Å². The number of nitrogens with one attached hydrogen (secondary N) is 1. The summed E-state index contributed by atoms with van der Waals surface area (Å²) in [5, 5.41) is 12.5. The van der Waals surface area contributed by atoms with E-state index < -0.39 is 0 Å². The lowest BCUT2D eigenvalue weighted by atomic mass is 9.95. The summed E-state index contributed by atoms with van der Waals surface area (Å²) in [4.78, 5) is 11.1. The number of rotatable bonds is 2. The predicted molar refractivity (Wildman–Crippen MR) is 79.1 cm³/mol. The Morgan fingerprint density at radius 2 is 2.29 bits per heavy atom. The summed E-state index contributed by atoms with van der Waals surface area (Å²) >= 11 is 0. The second-order valence-electron chi connectivity index (χ2n) is 5.50. The molecule has 108 valence electrons. The molecule has 1 aliphatic rings. The van der Waals surface area contributed by atoms with Crippen molar-refractivity contribution in [3.8, 4) is 0 Å². The molecule has 3 aromatic heterocycles. The molecule has 1 unspecified atom stereocenters. The molecule has 0 saturated carbocycles. The first-order chi connectivity index (χ1) is 10.3. The summed E-state index contributed by atoms with van der Waals surface area (Å²) < 4.78 is 1.79. The van der Waals surface area contributed by atoms with Gasteiger partial charge >= 0.3 is 0 Å². The molecule has 4 rings (SSSR count). The zero-order valence-electron chi connectivity index (χ0n) is 11.9. The smallest absolute Gasteiger partial charge is 0.163 e. The summed E-state index contributed by atoms with van der Waals surface area (Å²) in [6, 6.07) is 2.06. The zero-order valence-corrected chi connectivity index (χ0v) is 11.9. The highest BCUT2D eigenvalue weighted by molar-refractivity contribution is 5.86. The number of aromatic nitrogens is 6. The third-order valence-corrected chi connectivity index (χ3v) is 4.19. The summed E-state index contributed by atoms with van der Waals surface area (Å²) in [5.74, 6) is 1.46. The van der Waals surface area contributed by atoms with Gasteiger partial charge in [0, 0.05) is 37.9 Å². The monoisotopic (exact) mass is 283 g/mol. The van der Waals surface area contributed by atoms with E-state index in [0.29, 0.717) is 5.92 Å². The number of H-pyrrole nitrogens is 1. The van der Waals surface area contributed by atoms with Crippen molar-refractivity contribution in [2.45, 2.75) is 18.8 Å². The van der Waals surface area contributed by atoms with Gasteiger partial charge in [-0.1, -0.05) is 0 Å². The van der Waals surface area contributed by atoms with Crippen molar-refractivity contribution < 1.29 is 0 Å². The molecular weight excluding hydrogens is 266 g/mol. The van der Waals surface area contributed by atoms with Gasteiger partial charge in [-0.2, -0.15) is 10.2 Å². The van der Waals surface area contributed by atoms with E-state index in [1.165, 1.54) is 12.1 Å². The fourth-order valence-electron chi connectivity index (χ4n) is 3.12. The van der Waals surface area contributed by atoms with Crippen molar-refractivity contribution in [1.29, 1.82) is 0 Å². The van der Waals surface area contributed by atoms with Gasteiger partial charge < -0.3 is 4.90 Å². The van der Waals surface area contributed by atoms with E-state index in [1.54, 1.807) is 11.0 Å². The number of aryl methyl sites for hydroxylation is 1. The fraction of sp³-hybridized carbons (Fsp3) is 0.429. The van der Waals surface area contributed by atoms with Crippen molar-refractivity contribution in [2.75, 3.05) is 18.0 Å². The molecule has 0 aliphatic carbocycles. The van der Waals surface area contributed by atoms with Crippen LogP contribution < -0.4 is 4.90 Å². The van der Waals surface area contributed by atoms with Gasteiger partial charge in [0.15, 0.2) is 5.65 Å². The van der Waals surface area contributed by atoms with Crippen LogP contribution in [-0.2, 0) is 7.05 Å². The molecule has 1 atom stereocenters. The lowest BCUT2D eigenvalue weighted by Gasteiger charge is -2.33. The SMILES string of the molecule is Cn1ncc2c(N3CCCC(c4ccn[nH]4)C3)ncnc21. The van der Waals surface area contributed by atoms with E-state index in [-0.39, 0.29) is 0 Å². The third-order valence-electron chi connectivity index (χ3n) is 4.19. The molecule has 1 N–H and O–H groups in total. The van der Waals surface area contributed by atoms with Gasteiger partial charge in [0.2, 0.25) is 0 Å². The number of aromatic amines is 1. The minimum atomic E-state index is 0.475. The topological polar surface area (TPSA) is 75.5 Å². The molecule has 7 heteroatoms. The van der Waals surface area contributed by atoms with Gasteiger partial charge in [0.05, 0.1) is 11.6 Å². The van der Waals surface area contributed by atoms with E-state index in [2.05, 4.69) is 36.2 Å². The standard InChI is InChI=1S/C14H17N7/c1-20-13-11(7-18-20)14(16-9-15-13)21-6-2-3-10(8-21)12-4-5-17-19-12/h4-5,7,9-10H,2-3,6,8H2,1H3,(H,17,19). The molecule has 1 fully saturated rings. The Hall–Kier alpha value is -2.44. The molecular formula is C14H17N7.